The Morgan fingerprint density at radius 1 is 1.22 bits per heavy atom. The average Bonchev–Trinajstić information content (AvgIpc) is 2.85. The Labute approximate surface area is 135 Å². The lowest BCUT2D eigenvalue weighted by atomic mass is 10.1. The number of rotatable bonds is 4. The van der Waals surface area contributed by atoms with Crippen LogP contribution in [0.3, 0.4) is 0 Å². The van der Waals surface area contributed by atoms with E-state index in [-0.39, 0.29) is 18.4 Å². The van der Waals surface area contributed by atoms with Crippen molar-refractivity contribution in [2.75, 3.05) is 7.11 Å². The first kappa shape index (κ1) is 16.8. The molecule has 0 aliphatic rings. The van der Waals surface area contributed by atoms with Gasteiger partial charge in [-0.1, -0.05) is 6.07 Å². The number of benzene rings is 1. The molecule has 0 N–H and O–H groups in total. The van der Waals surface area contributed by atoms with Crippen LogP contribution in [0.2, 0.25) is 0 Å². The normalized spacial score (nSPS) is 11.8. The van der Waals surface area contributed by atoms with E-state index in [0.29, 0.717) is 0 Å². The van der Waals surface area contributed by atoms with Gasteiger partial charge in [0.2, 0.25) is 0 Å². The number of carbonyl (C=O) groups excluding carboxylic acids is 2. The van der Waals surface area contributed by atoms with E-state index in [0.717, 1.165) is 16.5 Å². The van der Waals surface area contributed by atoms with E-state index in [2.05, 4.69) is 4.74 Å². The average molecular weight is 315 g/mol. The molecule has 0 aliphatic carbocycles. The van der Waals surface area contributed by atoms with Crippen molar-refractivity contribution < 1.29 is 19.1 Å². The number of hydrogen-bond acceptors (Lipinski definition) is 4. The number of hydrogen-bond donors (Lipinski definition) is 0. The highest BCUT2D eigenvalue weighted by Crippen LogP contribution is 2.19. The van der Waals surface area contributed by atoms with Crippen molar-refractivity contribution in [3.8, 4) is 0 Å². The van der Waals surface area contributed by atoms with Gasteiger partial charge in [-0.05, 0) is 44.5 Å². The van der Waals surface area contributed by atoms with Crippen LogP contribution in [0.15, 0.2) is 36.5 Å². The highest BCUT2D eigenvalue weighted by molar-refractivity contribution is 5.88. The molecule has 122 valence electrons. The molecule has 2 aromatic rings. The molecule has 0 radical (unpaired) electrons. The van der Waals surface area contributed by atoms with E-state index < -0.39 is 5.60 Å². The van der Waals surface area contributed by atoms with Crippen LogP contribution < -0.4 is 0 Å². The zero-order valence-electron chi connectivity index (χ0n) is 13.8. The minimum Gasteiger partial charge on any atom is -0.469 e. The minimum absolute atomic E-state index is 0.241. The topological polar surface area (TPSA) is 57.5 Å². The van der Waals surface area contributed by atoms with Crippen LogP contribution in [0.5, 0.6) is 0 Å². The maximum absolute atomic E-state index is 11.7. The fourth-order valence-electron chi connectivity index (χ4n) is 2.17. The molecule has 1 aromatic carbocycles. The quantitative estimate of drug-likeness (QED) is 0.642. The second-order valence-corrected chi connectivity index (χ2v) is 6.22. The van der Waals surface area contributed by atoms with E-state index in [1.165, 1.54) is 13.2 Å². The van der Waals surface area contributed by atoms with Gasteiger partial charge in [0.15, 0.2) is 0 Å². The van der Waals surface area contributed by atoms with E-state index in [1.54, 1.807) is 6.20 Å². The van der Waals surface area contributed by atoms with Crippen LogP contribution in [-0.4, -0.2) is 29.2 Å². The molecule has 23 heavy (non-hydrogen) atoms. The highest BCUT2D eigenvalue weighted by atomic mass is 16.6. The molecule has 0 amide bonds. The van der Waals surface area contributed by atoms with E-state index in [1.807, 2.05) is 55.8 Å². The Morgan fingerprint density at radius 2 is 1.96 bits per heavy atom. The van der Waals surface area contributed by atoms with Gasteiger partial charge in [0.05, 0.1) is 19.0 Å². The summed E-state index contributed by atoms with van der Waals surface area (Å²) in [6, 6.07) is 7.64. The summed E-state index contributed by atoms with van der Waals surface area (Å²) in [6.45, 7) is 5.48. The fourth-order valence-corrected chi connectivity index (χ4v) is 2.17. The molecule has 0 saturated heterocycles. The van der Waals surface area contributed by atoms with Gasteiger partial charge in [-0.3, -0.25) is 4.79 Å². The van der Waals surface area contributed by atoms with Crippen molar-refractivity contribution in [2.24, 2.45) is 0 Å². The van der Waals surface area contributed by atoms with Crippen LogP contribution in [0, 0.1) is 0 Å². The van der Waals surface area contributed by atoms with Crippen molar-refractivity contribution in [2.45, 2.75) is 32.8 Å². The Bertz CT molecular complexity index is 750. The predicted molar refractivity (Wildman–Crippen MR) is 88.8 cm³/mol. The molecular formula is C18H21NO4. The summed E-state index contributed by atoms with van der Waals surface area (Å²) in [6.07, 6.45) is 5.16. The zero-order chi connectivity index (χ0) is 17.0. The molecule has 1 aromatic heterocycles. The van der Waals surface area contributed by atoms with Crippen molar-refractivity contribution >= 4 is 29.0 Å². The van der Waals surface area contributed by atoms with Crippen LogP contribution in [0.25, 0.3) is 17.1 Å². The van der Waals surface area contributed by atoms with Gasteiger partial charge in [-0.2, -0.15) is 0 Å². The maximum atomic E-state index is 11.7. The molecule has 0 atom stereocenters. The molecular weight excluding hydrogens is 294 g/mol. The first-order chi connectivity index (χ1) is 10.8. The third-order valence-corrected chi connectivity index (χ3v) is 3.14. The maximum Gasteiger partial charge on any atom is 0.332 e. The lowest BCUT2D eigenvalue weighted by Crippen LogP contribution is -2.22. The second-order valence-electron chi connectivity index (χ2n) is 6.22. The number of ether oxygens (including phenoxy) is 2. The third kappa shape index (κ3) is 4.71. The lowest BCUT2D eigenvalue weighted by Gasteiger charge is -2.17. The molecule has 1 heterocycles. The Hall–Kier alpha value is -2.56. The van der Waals surface area contributed by atoms with E-state index in [4.69, 9.17) is 4.74 Å². The van der Waals surface area contributed by atoms with Gasteiger partial charge in [-0.15, -0.1) is 0 Å². The SMILES string of the molecule is COC(=O)Cc1ccc2c(ccn2C=CC(=O)OC(C)(C)C)c1. The summed E-state index contributed by atoms with van der Waals surface area (Å²) in [5.41, 5.74) is 1.32. The summed E-state index contributed by atoms with van der Waals surface area (Å²) in [5, 5.41) is 0.986. The third-order valence-electron chi connectivity index (χ3n) is 3.14. The largest absolute Gasteiger partial charge is 0.469 e. The molecule has 0 unspecified atom stereocenters. The Kier molecular flexibility index (Phi) is 4.89. The first-order valence-corrected chi connectivity index (χ1v) is 7.36. The predicted octanol–water partition coefficient (Wildman–Crippen LogP) is 3.17. The summed E-state index contributed by atoms with van der Waals surface area (Å²) in [7, 11) is 1.37. The highest BCUT2D eigenvalue weighted by Gasteiger charge is 2.14. The monoisotopic (exact) mass is 315 g/mol. The first-order valence-electron chi connectivity index (χ1n) is 7.36. The minimum atomic E-state index is -0.511. The lowest BCUT2D eigenvalue weighted by molar-refractivity contribution is -0.148. The van der Waals surface area contributed by atoms with Gasteiger partial charge >= 0.3 is 11.9 Å². The van der Waals surface area contributed by atoms with Crippen LogP contribution in [0.4, 0.5) is 0 Å². The van der Waals surface area contributed by atoms with E-state index in [9.17, 15) is 9.59 Å². The van der Waals surface area contributed by atoms with Crippen LogP contribution in [0.1, 0.15) is 26.3 Å². The van der Waals surface area contributed by atoms with Gasteiger partial charge < -0.3 is 14.0 Å². The van der Waals surface area contributed by atoms with Crippen molar-refractivity contribution in [3.63, 3.8) is 0 Å². The Morgan fingerprint density at radius 3 is 2.61 bits per heavy atom. The number of esters is 2. The second kappa shape index (κ2) is 6.69. The molecule has 0 spiro atoms. The number of carbonyl (C=O) groups is 2. The van der Waals surface area contributed by atoms with Crippen molar-refractivity contribution in [3.05, 3.63) is 42.1 Å². The molecule has 5 nitrogen and oxygen atoms in total. The summed E-state index contributed by atoms with van der Waals surface area (Å²) in [5.74, 6) is -0.657. The standard InChI is InChI=1S/C18H21NO4/c1-18(2,3)23-16(20)8-10-19-9-7-14-11-13(5-6-15(14)19)12-17(21)22-4/h5-11H,12H2,1-4H3. The summed E-state index contributed by atoms with van der Waals surface area (Å²) >= 11 is 0. The zero-order valence-corrected chi connectivity index (χ0v) is 13.8. The fraction of sp³-hybridized carbons (Fsp3) is 0.333. The number of aromatic nitrogens is 1. The molecule has 0 bridgehead atoms. The molecule has 0 aliphatic heterocycles. The molecule has 0 saturated carbocycles. The van der Waals surface area contributed by atoms with Gasteiger partial charge in [0.1, 0.15) is 5.60 Å². The van der Waals surface area contributed by atoms with Crippen LogP contribution in [-0.2, 0) is 25.5 Å². The molecule has 5 heteroatoms. The van der Waals surface area contributed by atoms with E-state index >= 15 is 0 Å². The number of fused-ring (bicyclic) bond motifs is 1. The van der Waals surface area contributed by atoms with Gasteiger partial charge in [0.25, 0.3) is 0 Å². The summed E-state index contributed by atoms with van der Waals surface area (Å²) in [4.78, 5) is 23.0. The Balaban J connectivity index is 2.17. The molecule has 2 rings (SSSR count). The number of nitrogens with zero attached hydrogens (tertiary/aromatic N) is 1. The van der Waals surface area contributed by atoms with Crippen molar-refractivity contribution in [1.29, 1.82) is 0 Å². The van der Waals surface area contributed by atoms with Crippen molar-refractivity contribution in [1.82, 2.24) is 4.57 Å². The van der Waals surface area contributed by atoms with Crippen LogP contribution >= 0.6 is 0 Å². The molecule has 0 fully saturated rings. The summed E-state index contributed by atoms with van der Waals surface area (Å²) < 4.78 is 11.7. The van der Waals surface area contributed by atoms with Gasteiger partial charge in [-0.25, -0.2) is 4.79 Å². The number of methoxy groups -OCH3 is 1. The smallest absolute Gasteiger partial charge is 0.332 e. The van der Waals surface area contributed by atoms with Gasteiger partial charge in [0, 0.05) is 23.9 Å².